The molecular weight excluding hydrogens is 519 g/mol. The van der Waals surface area contributed by atoms with Gasteiger partial charge in [-0.15, -0.1) is 0 Å². The molecule has 214 valence electrons. The van der Waals surface area contributed by atoms with Gasteiger partial charge >= 0.3 is 13.2 Å². The third-order valence-corrected chi connectivity index (χ3v) is 7.66. The first kappa shape index (κ1) is 29.8. The monoisotopic (exact) mass is 560 g/mol. The number of anilines is 2. The van der Waals surface area contributed by atoms with Gasteiger partial charge in [0, 0.05) is 55.1 Å². The molecule has 2 saturated heterocycles. The number of benzene rings is 1. The van der Waals surface area contributed by atoms with Gasteiger partial charge < -0.3 is 29.2 Å². The summed E-state index contributed by atoms with van der Waals surface area (Å²) in [5.41, 5.74) is -0.350. The fourth-order valence-electron chi connectivity index (χ4n) is 4.42. The largest absolute Gasteiger partial charge is 0.496 e. The number of piperazine rings is 1. The van der Waals surface area contributed by atoms with Crippen LogP contribution in [0.2, 0.25) is 5.02 Å². The average Bonchev–Trinajstić information content (AvgIpc) is 3.04. The van der Waals surface area contributed by atoms with E-state index in [-0.39, 0.29) is 5.95 Å². The minimum Gasteiger partial charge on any atom is -0.443 e. The van der Waals surface area contributed by atoms with Gasteiger partial charge in [-0.2, -0.15) is 4.98 Å². The Morgan fingerprint density at radius 2 is 1.72 bits per heavy atom. The van der Waals surface area contributed by atoms with Crippen molar-refractivity contribution in [2.24, 2.45) is 0 Å². The number of nitrogens with one attached hydrogen (secondary N) is 1. The third kappa shape index (κ3) is 6.60. The number of hydrogen-bond acceptors (Lipinski definition) is 9. The summed E-state index contributed by atoms with van der Waals surface area (Å²) in [5.74, 6) is 1.02. The molecule has 39 heavy (non-hydrogen) atoms. The molecule has 2 aliphatic heterocycles. The molecule has 0 spiro atoms. The highest BCUT2D eigenvalue weighted by atomic mass is 35.5. The number of carbonyl (C=O) groups is 1. The Hall–Kier alpha value is -2.18. The highest BCUT2D eigenvalue weighted by Crippen LogP contribution is 2.38. The van der Waals surface area contributed by atoms with Crippen LogP contribution in [0.5, 0.6) is 0 Å². The lowest BCUT2D eigenvalue weighted by atomic mass is 9.78. The Labute approximate surface area is 237 Å². The van der Waals surface area contributed by atoms with Crippen LogP contribution in [0.1, 0.15) is 48.5 Å². The number of carbonyl (C=O) groups excluding carboxylic acids is 1. The molecule has 0 atom stereocenters. The molecule has 2 aromatic rings. The molecule has 1 N–H and O–H groups in total. The first-order valence-electron chi connectivity index (χ1n) is 13.6. The van der Waals surface area contributed by atoms with Gasteiger partial charge in [-0.25, -0.2) is 14.7 Å². The lowest BCUT2D eigenvalue weighted by Gasteiger charge is -2.32. The van der Waals surface area contributed by atoms with Crippen LogP contribution in [0, 0.1) is 0 Å². The van der Waals surface area contributed by atoms with E-state index in [0.717, 1.165) is 37.4 Å². The Bertz CT molecular complexity index is 1200. The van der Waals surface area contributed by atoms with E-state index >= 15 is 0 Å². The molecule has 4 rings (SSSR count). The van der Waals surface area contributed by atoms with Crippen molar-refractivity contribution >= 4 is 52.9 Å². The van der Waals surface area contributed by atoms with Gasteiger partial charge in [-0.05, 0) is 74.7 Å². The number of fused-ring (bicyclic) bond motifs is 1. The Balaban J connectivity index is 1.85. The van der Waals surface area contributed by atoms with Gasteiger partial charge in [0.2, 0.25) is 5.95 Å². The van der Waals surface area contributed by atoms with Crippen molar-refractivity contribution in [1.29, 1.82) is 0 Å². The van der Waals surface area contributed by atoms with Crippen LogP contribution in [-0.4, -0.2) is 98.2 Å². The van der Waals surface area contributed by atoms with Crippen LogP contribution in [0.25, 0.3) is 10.9 Å². The molecule has 0 unspecified atom stereocenters. The standard InChI is InChI=1S/C27H42BClN6O4/c1-25(2,3)37-24(36)35(15-14-33(8)9)23-31-21-17-19(28-38-26(4,5)27(6,7)39-28)20(29)16-18(21)22(32-23)34-12-10-30-11-13-34/h16-17,30H,10-15H2,1-9H3. The van der Waals surface area contributed by atoms with Crippen LogP contribution >= 0.6 is 11.6 Å². The van der Waals surface area contributed by atoms with Gasteiger partial charge in [0.15, 0.2) is 0 Å². The summed E-state index contributed by atoms with van der Waals surface area (Å²) in [6, 6.07) is 3.78. The second-order valence-corrected chi connectivity index (χ2v) is 12.9. The van der Waals surface area contributed by atoms with Gasteiger partial charge in [-0.1, -0.05) is 11.6 Å². The Morgan fingerprint density at radius 3 is 2.28 bits per heavy atom. The van der Waals surface area contributed by atoms with E-state index in [2.05, 4.69) is 10.2 Å². The maximum atomic E-state index is 13.4. The number of ether oxygens (including phenoxy) is 1. The third-order valence-electron chi connectivity index (χ3n) is 7.33. The number of aromatic nitrogens is 2. The molecular formula is C27H42BClN6O4. The van der Waals surface area contributed by atoms with Crippen LogP contribution in [0.15, 0.2) is 12.1 Å². The van der Waals surface area contributed by atoms with Crippen LogP contribution in [0.4, 0.5) is 16.6 Å². The lowest BCUT2D eigenvalue weighted by molar-refractivity contribution is 0.00578. The Kier molecular flexibility index (Phi) is 8.41. The lowest BCUT2D eigenvalue weighted by Crippen LogP contribution is -2.45. The normalized spacial score (nSPS) is 19.2. The molecule has 1 amide bonds. The zero-order chi connectivity index (χ0) is 28.8. The van der Waals surface area contributed by atoms with Gasteiger partial charge in [0.1, 0.15) is 11.4 Å². The van der Waals surface area contributed by atoms with E-state index in [4.69, 9.17) is 35.6 Å². The predicted molar refractivity (Wildman–Crippen MR) is 157 cm³/mol. The van der Waals surface area contributed by atoms with Crippen LogP contribution in [0.3, 0.4) is 0 Å². The zero-order valence-corrected chi connectivity index (χ0v) is 25.5. The summed E-state index contributed by atoms with van der Waals surface area (Å²) < 4.78 is 18.4. The molecule has 0 radical (unpaired) electrons. The summed E-state index contributed by atoms with van der Waals surface area (Å²) in [7, 11) is 3.27. The van der Waals surface area contributed by atoms with Crippen molar-refractivity contribution in [3.63, 3.8) is 0 Å². The maximum Gasteiger partial charge on any atom is 0.496 e. The molecule has 0 bridgehead atoms. The van der Waals surface area contributed by atoms with E-state index in [1.807, 2.05) is 79.6 Å². The van der Waals surface area contributed by atoms with Crippen molar-refractivity contribution in [3.05, 3.63) is 17.2 Å². The predicted octanol–water partition coefficient (Wildman–Crippen LogP) is 3.30. The topological polar surface area (TPSA) is 92.3 Å². The van der Waals surface area contributed by atoms with Crippen LogP contribution in [-0.2, 0) is 14.0 Å². The second-order valence-electron chi connectivity index (χ2n) is 12.5. The molecule has 2 fully saturated rings. The summed E-state index contributed by atoms with van der Waals surface area (Å²) in [5, 5.41) is 4.71. The van der Waals surface area contributed by atoms with Gasteiger partial charge in [-0.3, -0.25) is 0 Å². The maximum absolute atomic E-state index is 13.4. The number of halogens is 1. The van der Waals surface area contributed by atoms with Crippen molar-refractivity contribution in [3.8, 4) is 0 Å². The number of rotatable bonds is 6. The number of nitrogens with zero attached hydrogens (tertiary/aromatic N) is 5. The number of likely N-dealkylation sites (N-methyl/N-ethyl adjacent to an activating group) is 1. The van der Waals surface area contributed by atoms with E-state index in [1.54, 1.807) is 0 Å². The molecule has 0 aliphatic carbocycles. The number of hydrogen-bond donors (Lipinski definition) is 1. The van der Waals surface area contributed by atoms with Gasteiger partial charge in [0.05, 0.1) is 16.7 Å². The molecule has 1 aromatic carbocycles. The summed E-state index contributed by atoms with van der Waals surface area (Å²) >= 11 is 6.85. The van der Waals surface area contributed by atoms with Crippen molar-refractivity contribution < 1.29 is 18.8 Å². The quantitative estimate of drug-likeness (QED) is 0.534. The van der Waals surface area contributed by atoms with Crippen molar-refractivity contribution in [2.45, 2.75) is 65.3 Å². The fourth-order valence-corrected chi connectivity index (χ4v) is 4.67. The minimum atomic E-state index is -0.664. The van der Waals surface area contributed by atoms with Gasteiger partial charge in [0.25, 0.3) is 0 Å². The van der Waals surface area contributed by atoms with E-state index in [1.165, 1.54) is 4.90 Å². The molecule has 10 nitrogen and oxygen atoms in total. The highest BCUT2D eigenvalue weighted by molar-refractivity contribution is 6.66. The first-order chi connectivity index (χ1) is 18.1. The SMILES string of the molecule is CN(C)CCN(C(=O)OC(C)(C)C)c1nc(N2CCNCC2)c2cc(Cl)c(B3OC(C)(C)C(C)(C)O3)cc2n1. The Morgan fingerprint density at radius 1 is 1.10 bits per heavy atom. The van der Waals surface area contributed by atoms with E-state index in [0.29, 0.717) is 29.1 Å². The highest BCUT2D eigenvalue weighted by Gasteiger charge is 2.52. The molecule has 12 heteroatoms. The molecule has 2 aliphatic rings. The minimum absolute atomic E-state index is 0.286. The second kappa shape index (κ2) is 11.0. The van der Waals surface area contributed by atoms with Crippen molar-refractivity contribution in [1.82, 2.24) is 20.2 Å². The smallest absolute Gasteiger partial charge is 0.443 e. The van der Waals surface area contributed by atoms with E-state index < -0.39 is 30.0 Å². The average molecular weight is 561 g/mol. The van der Waals surface area contributed by atoms with Crippen molar-refractivity contribution in [2.75, 3.05) is 63.2 Å². The summed E-state index contributed by atoms with van der Waals surface area (Å²) in [4.78, 5) is 28.9. The zero-order valence-electron chi connectivity index (χ0n) is 24.7. The first-order valence-corrected chi connectivity index (χ1v) is 13.9. The summed E-state index contributed by atoms with van der Waals surface area (Å²) in [6.45, 7) is 17.8. The molecule has 3 heterocycles. The van der Waals surface area contributed by atoms with E-state index in [9.17, 15) is 4.79 Å². The molecule has 0 saturated carbocycles. The summed E-state index contributed by atoms with van der Waals surface area (Å²) in [6.07, 6.45) is -0.491. The fraction of sp³-hybridized carbons (Fsp3) is 0.667. The molecule has 1 aromatic heterocycles. The van der Waals surface area contributed by atoms with Crippen LogP contribution < -0.4 is 20.6 Å². The number of amides is 1.